The van der Waals surface area contributed by atoms with Crippen molar-refractivity contribution in [1.29, 1.82) is 0 Å². The molecule has 0 fully saturated rings. The van der Waals surface area contributed by atoms with E-state index < -0.39 is 0 Å². The molecule has 0 bridgehead atoms. The molecule has 7 heteroatoms. The molecule has 3 rings (SSSR count). The number of carbonyl (C=O) groups excluding carboxylic acids is 2. The van der Waals surface area contributed by atoms with Crippen molar-refractivity contribution >= 4 is 17.6 Å². The lowest BCUT2D eigenvalue weighted by molar-refractivity contribution is -0.133. The van der Waals surface area contributed by atoms with Gasteiger partial charge in [-0.15, -0.1) is 0 Å². The lowest BCUT2D eigenvalue weighted by Gasteiger charge is -2.27. The van der Waals surface area contributed by atoms with Crippen molar-refractivity contribution in [2.45, 2.75) is 26.9 Å². The third kappa shape index (κ3) is 6.95. The monoisotopic (exact) mass is 449 g/mol. The van der Waals surface area contributed by atoms with Gasteiger partial charge in [-0.25, -0.2) is 4.79 Å². The van der Waals surface area contributed by atoms with Crippen LogP contribution >= 0.6 is 0 Å². The van der Waals surface area contributed by atoms with E-state index in [0.29, 0.717) is 32.0 Å². The summed E-state index contributed by atoms with van der Waals surface area (Å²) in [6.07, 6.45) is 1.59. The van der Waals surface area contributed by atoms with Crippen LogP contribution in [-0.4, -0.2) is 48.5 Å². The molecule has 0 atom stereocenters. The van der Waals surface area contributed by atoms with E-state index in [2.05, 4.69) is 5.32 Å². The first kappa shape index (κ1) is 24.1. The number of anilines is 1. The second kappa shape index (κ2) is 11.9. The third-order valence-corrected chi connectivity index (χ3v) is 5.52. The molecule has 1 heterocycles. The molecular formula is C26H31N3O4. The molecule has 0 radical (unpaired) electrons. The maximum Gasteiger partial charge on any atom is 0.322 e. The number of aryl methyl sites for hydroxylation is 1. The fraction of sp³-hybridized carbons (Fsp3) is 0.308. The number of furan rings is 1. The zero-order chi connectivity index (χ0) is 23.6. The van der Waals surface area contributed by atoms with Gasteiger partial charge < -0.3 is 24.3 Å². The first-order valence-electron chi connectivity index (χ1n) is 10.9. The molecule has 3 amide bonds. The molecule has 1 aromatic heterocycles. The number of nitrogens with zero attached hydrogens (tertiary/aromatic N) is 2. The van der Waals surface area contributed by atoms with Crippen LogP contribution in [0.4, 0.5) is 10.5 Å². The Hall–Kier alpha value is -3.58. The van der Waals surface area contributed by atoms with Gasteiger partial charge in [0.15, 0.2) is 0 Å². The fourth-order valence-corrected chi connectivity index (χ4v) is 3.42. The summed E-state index contributed by atoms with van der Waals surface area (Å²) < 4.78 is 10.6. The van der Waals surface area contributed by atoms with Crippen LogP contribution < -0.4 is 5.32 Å². The van der Waals surface area contributed by atoms with Gasteiger partial charge in [-0.1, -0.05) is 42.5 Å². The van der Waals surface area contributed by atoms with Crippen molar-refractivity contribution in [3.05, 3.63) is 89.4 Å². The van der Waals surface area contributed by atoms with Crippen LogP contribution in [0.5, 0.6) is 0 Å². The molecule has 0 spiro atoms. The summed E-state index contributed by atoms with van der Waals surface area (Å²) >= 11 is 0. The molecular weight excluding hydrogens is 418 g/mol. The van der Waals surface area contributed by atoms with Crippen LogP contribution in [0.1, 0.15) is 22.5 Å². The van der Waals surface area contributed by atoms with Gasteiger partial charge >= 0.3 is 6.03 Å². The normalized spacial score (nSPS) is 10.6. The van der Waals surface area contributed by atoms with Crippen molar-refractivity contribution in [2.75, 3.05) is 32.1 Å². The molecule has 2 aromatic carbocycles. The largest absolute Gasteiger partial charge is 0.467 e. The second-order valence-corrected chi connectivity index (χ2v) is 7.91. The second-order valence-electron chi connectivity index (χ2n) is 7.91. The predicted octanol–water partition coefficient (Wildman–Crippen LogP) is 4.61. The standard InChI is InChI=1S/C26H31N3O4/c1-20-9-7-13-24(21(20)2)27-26(31)28(14-16-32-3)19-25(30)29(18-23-12-8-15-33-23)17-22-10-5-4-6-11-22/h4-13,15H,14,16-19H2,1-3H3,(H,27,31). The number of methoxy groups -OCH3 is 1. The molecule has 174 valence electrons. The number of ether oxygens (including phenoxy) is 1. The lowest BCUT2D eigenvalue weighted by atomic mass is 10.1. The number of benzene rings is 2. The van der Waals surface area contributed by atoms with E-state index in [9.17, 15) is 9.59 Å². The quantitative estimate of drug-likeness (QED) is 0.491. The van der Waals surface area contributed by atoms with E-state index in [4.69, 9.17) is 9.15 Å². The Morgan fingerprint density at radius 1 is 0.939 bits per heavy atom. The minimum absolute atomic E-state index is 0.0758. The molecule has 33 heavy (non-hydrogen) atoms. The summed E-state index contributed by atoms with van der Waals surface area (Å²) in [4.78, 5) is 29.6. The average Bonchev–Trinajstić information content (AvgIpc) is 3.33. The van der Waals surface area contributed by atoms with Crippen LogP contribution in [0.2, 0.25) is 0 Å². The van der Waals surface area contributed by atoms with Gasteiger partial charge in [0.25, 0.3) is 0 Å². The number of carbonyl (C=O) groups is 2. The maximum atomic E-state index is 13.3. The molecule has 0 aliphatic heterocycles. The first-order chi connectivity index (χ1) is 16.0. The fourth-order valence-electron chi connectivity index (χ4n) is 3.42. The van der Waals surface area contributed by atoms with E-state index in [-0.39, 0.29) is 18.5 Å². The number of amides is 3. The van der Waals surface area contributed by atoms with Crippen LogP contribution in [0.15, 0.2) is 71.3 Å². The molecule has 0 aliphatic rings. The third-order valence-electron chi connectivity index (χ3n) is 5.52. The first-order valence-corrected chi connectivity index (χ1v) is 10.9. The van der Waals surface area contributed by atoms with Gasteiger partial charge in [0.2, 0.25) is 5.91 Å². The van der Waals surface area contributed by atoms with Crippen LogP contribution in [0, 0.1) is 13.8 Å². The Balaban J connectivity index is 1.75. The minimum atomic E-state index is -0.341. The Bertz CT molecular complexity index is 1030. The minimum Gasteiger partial charge on any atom is -0.467 e. The number of nitrogens with one attached hydrogen (secondary N) is 1. The van der Waals surface area contributed by atoms with Crippen molar-refractivity contribution < 1.29 is 18.7 Å². The summed E-state index contributed by atoms with van der Waals surface area (Å²) in [5.41, 5.74) is 3.81. The Morgan fingerprint density at radius 3 is 2.42 bits per heavy atom. The van der Waals surface area contributed by atoms with E-state index >= 15 is 0 Å². The average molecular weight is 450 g/mol. The lowest BCUT2D eigenvalue weighted by Crippen LogP contribution is -2.45. The highest BCUT2D eigenvalue weighted by Gasteiger charge is 2.23. The van der Waals surface area contributed by atoms with E-state index in [1.165, 1.54) is 4.90 Å². The molecule has 0 aliphatic carbocycles. The highest BCUT2D eigenvalue weighted by atomic mass is 16.5. The van der Waals surface area contributed by atoms with Crippen molar-refractivity contribution in [3.63, 3.8) is 0 Å². The van der Waals surface area contributed by atoms with Gasteiger partial charge in [-0.05, 0) is 48.7 Å². The molecule has 0 saturated carbocycles. The molecule has 0 unspecified atom stereocenters. The van der Waals surface area contributed by atoms with Crippen LogP contribution in [0.3, 0.4) is 0 Å². The SMILES string of the molecule is COCCN(CC(=O)N(Cc1ccccc1)Cc1ccco1)C(=O)Nc1cccc(C)c1C. The number of rotatable bonds is 10. The van der Waals surface area contributed by atoms with Gasteiger partial charge in [-0.2, -0.15) is 0 Å². The van der Waals surface area contributed by atoms with E-state index in [1.54, 1.807) is 24.3 Å². The van der Waals surface area contributed by atoms with E-state index in [0.717, 1.165) is 22.4 Å². The molecule has 7 nitrogen and oxygen atoms in total. The van der Waals surface area contributed by atoms with Crippen molar-refractivity contribution in [2.24, 2.45) is 0 Å². The highest BCUT2D eigenvalue weighted by molar-refractivity contribution is 5.93. The molecule has 0 saturated heterocycles. The summed E-state index contributed by atoms with van der Waals surface area (Å²) in [7, 11) is 1.57. The van der Waals surface area contributed by atoms with Crippen molar-refractivity contribution in [1.82, 2.24) is 9.80 Å². The van der Waals surface area contributed by atoms with Gasteiger partial charge in [0.1, 0.15) is 12.3 Å². The van der Waals surface area contributed by atoms with Gasteiger partial charge in [0.05, 0.1) is 19.4 Å². The van der Waals surface area contributed by atoms with Crippen LogP contribution in [-0.2, 0) is 22.6 Å². The topological polar surface area (TPSA) is 75.0 Å². The Kier molecular flexibility index (Phi) is 8.66. The smallest absolute Gasteiger partial charge is 0.322 e. The Morgan fingerprint density at radius 2 is 1.73 bits per heavy atom. The summed E-state index contributed by atoms with van der Waals surface area (Å²) in [6, 6.07) is 18.8. The Labute approximate surface area is 194 Å². The van der Waals surface area contributed by atoms with E-state index in [1.807, 2.05) is 68.4 Å². The summed E-state index contributed by atoms with van der Waals surface area (Å²) in [5.74, 6) is 0.505. The summed E-state index contributed by atoms with van der Waals surface area (Å²) in [6.45, 7) is 5.22. The molecule has 1 N–H and O–H groups in total. The molecule has 3 aromatic rings. The number of urea groups is 1. The summed E-state index contributed by atoms with van der Waals surface area (Å²) in [5, 5.41) is 2.94. The van der Waals surface area contributed by atoms with Gasteiger partial charge in [0, 0.05) is 25.9 Å². The van der Waals surface area contributed by atoms with Crippen LogP contribution in [0.25, 0.3) is 0 Å². The highest BCUT2D eigenvalue weighted by Crippen LogP contribution is 2.19. The maximum absolute atomic E-state index is 13.3. The van der Waals surface area contributed by atoms with Gasteiger partial charge in [-0.3, -0.25) is 4.79 Å². The zero-order valence-electron chi connectivity index (χ0n) is 19.4. The zero-order valence-corrected chi connectivity index (χ0v) is 19.4. The number of hydrogen-bond acceptors (Lipinski definition) is 4. The van der Waals surface area contributed by atoms with Crippen molar-refractivity contribution in [3.8, 4) is 0 Å². The number of hydrogen-bond donors (Lipinski definition) is 1. The predicted molar refractivity (Wildman–Crippen MR) is 128 cm³/mol.